The van der Waals surface area contributed by atoms with Crippen LogP contribution in [0, 0.1) is 5.41 Å². The van der Waals surface area contributed by atoms with Gasteiger partial charge in [0.2, 0.25) is 0 Å². The Kier molecular flexibility index (Phi) is 4.39. The molecule has 0 aromatic heterocycles. The summed E-state index contributed by atoms with van der Waals surface area (Å²) in [5.41, 5.74) is 0.423. The highest BCUT2D eigenvalue weighted by molar-refractivity contribution is 4.90. The minimum Gasteiger partial charge on any atom is -0.392 e. The van der Waals surface area contributed by atoms with Crippen LogP contribution in [0.3, 0.4) is 0 Å². The summed E-state index contributed by atoms with van der Waals surface area (Å²) in [7, 11) is 0. The van der Waals surface area contributed by atoms with Crippen molar-refractivity contribution in [1.29, 1.82) is 0 Å². The van der Waals surface area contributed by atoms with Gasteiger partial charge in [-0.1, -0.05) is 33.6 Å². The van der Waals surface area contributed by atoms with Gasteiger partial charge < -0.3 is 10.4 Å². The summed E-state index contributed by atoms with van der Waals surface area (Å²) in [6, 6.07) is 0.606. The third kappa shape index (κ3) is 3.25. The summed E-state index contributed by atoms with van der Waals surface area (Å²) in [4.78, 5) is 0. The molecular formula is C12H25NO. The summed E-state index contributed by atoms with van der Waals surface area (Å²) >= 11 is 0. The van der Waals surface area contributed by atoms with E-state index in [1.807, 2.05) is 0 Å². The van der Waals surface area contributed by atoms with Gasteiger partial charge in [-0.3, -0.25) is 0 Å². The van der Waals surface area contributed by atoms with Crippen molar-refractivity contribution in [3.05, 3.63) is 0 Å². The zero-order chi connectivity index (χ0) is 10.6. The maximum atomic E-state index is 9.62. The van der Waals surface area contributed by atoms with Gasteiger partial charge >= 0.3 is 0 Å². The van der Waals surface area contributed by atoms with Crippen LogP contribution in [-0.4, -0.2) is 23.8 Å². The molecule has 1 saturated carbocycles. The highest BCUT2D eigenvalue weighted by Crippen LogP contribution is 2.37. The maximum Gasteiger partial charge on any atom is 0.0664 e. The van der Waals surface area contributed by atoms with Gasteiger partial charge in [-0.05, 0) is 24.7 Å². The molecule has 0 aromatic carbocycles. The third-order valence-electron chi connectivity index (χ3n) is 3.48. The van der Waals surface area contributed by atoms with Gasteiger partial charge in [0.1, 0.15) is 0 Å². The fourth-order valence-corrected chi connectivity index (χ4v) is 2.42. The van der Waals surface area contributed by atoms with E-state index in [2.05, 4.69) is 26.1 Å². The van der Waals surface area contributed by atoms with Crippen LogP contribution in [0.2, 0.25) is 0 Å². The standard InChI is InChI=1S/C12H25NO/c1-4-6-10(14)9-13-11-7-5-8-12(11,2)3/h10-11,13-14H,4-9H2,1-3H3. The van der Waals surface area contributed by atoms with E-state index in [0.717, 1.165) is 19.4 Å². The quantitative estimate of drug-likeness (QED) is 0.712. The molecule has 0 spiro atoms. The van der Waals surface area contributed by atoms with Gasteiger partial charge in [0.25, 0.3) is 0 Å². The molecule has 0 radical (unpaired) electrons. The molecule has 2 atom stereocenters. The lowest BCUT2D eigenvalue weighted by atomic mass is 9.87. The molecule has 0 aromatic rings. The Morgan fingerprint density at radius 3 is 2.71 bits per heavy atom. The van der Waals surface area contributed by atoms with Crippen LogP contribution >= 0.6 is 0 Å². The normalized spacial score (nSPS) is 27.9. The Balaban J connectivity index is 2.24. The van der Waals surface area contributed by atoms with E-state index in [-0.39, 0.29) is 6.10 Å². The molecule has 2 nitrogen and oxygen atoms in total. The average molecular weight is 199 g/mol. The number of nitrogens with one attached hydrogen (secondary N) is 1. The van der Waals surface area contributed by atoms with E-state index in [4.69, 9.17) is 0 Å². The molecule has 14 heavy (non-hydrogen) atoms. The Hall–Kier alpha value is -0.0800. The minimum absolute atomic E-state index is 0.156. The van der Waals surface area contributed by atoms with Crippen LogP contribution in [-0.2, 0) is 0 Å². The van der Waals surface area contributed by atoms with E-state index in [0.29, 0.717) is 11.5 Å². The molecule has 84 valence electrons. The first-order chi connectivity index (χ1) is 6.56. The molecule has 0 bridgehead atoms. The fraction of sp³-hybridized carbons (Fsp3) is 1.00. The summed E-state index contributed by atoms with van der Waals surface area (Å²) in [6.45, 7) is 7.53. The van der Waals surface area contributed by atoms with Gasteiger partial charge in [0.15, 0.2) is 0 Å². The highest BCUT2D eigenvalue weighted by atomic mass is 16.3. The van der Waals surface area contributed by atoms with E-state index < -0.39 is 0 Å². The summed E-state index contributed by atoms with van der Waals surface area (Å²) in [5.74, 6) is 0. The number of hydrogen-bond donors (Lipinski definition) is 2. The monoisotopic (exact) mass is 199 g/mol. The van der Waals surface area contributed by atoms with Crippen molar-refractivity contribution in [2.45, 2.75) is 65.0 Å². The number of aliphatic hydroxyl groups excluding tert-OH is 1. The van der Waals surface area contributed by atoms with Gasteiger partial charge in [0, 0.05) is 12.6 Å². The van der Waals surface area contributed by atoms with Crippen molar-refractivity contribution in [3.8, 4) is 0 Å². The predicted molar refractivity (Wildman–Crippen MR) is 60.3 cm³/mol. The second kappa shape index (κ2) is 5.13. The highest BCUT2D eigenvalue weighted by Gasteiger charge is 2.33. The van der Waals surface area contributed by atoms with E-state index in [1.165, 1.54) is 19.3 Å². The van der Waals surface area contributed by atoms with Crippen molar-refractivity contribution in [2.75, 3.05) is 6.54 Å². The van der Waals surface area contributed by atoms with Crippen LogP contribution in [0.5, 0.6) is 0 Å². The molecule has 1 aliphatic carbocycles. The van der Waals surface area contributed by atoms with Crippen LogP contribution < -0.4 is 5.32 Å². The molecule has 0 amide bonds. The Morgan fingerprint density at radius 1 is 1.50 bits per heavy atom. The molecular weight excluding hydrogens is 174 g/mol. The van der Waals surface area contributed by atoms with Gasteiger partial charge in [-0.2, -0.15) is 0 Å². The van der Waals surface area contributed by atoms with Crippen molar-refractivity contribution in [2.24, 2.45) is 5.41 Å². The topological polar surface area (TPSA) is 32.3 Å². The van der Waals surface area contributed by atoms with Crippen LogP contribution in [0.25, 0.3) is 0 Å². The van der Waals surface area contributed by atoms with Gasteiger partial charge in [-0.25, -0.2) is 0 Å². The fourth-order valence-electron chi connectivity index (χ4n) is 2.42. The third-order valence-corrected chi connectivity index (χ3v) is 3.48. The molecule has 2 heteroatoms. The lowest BCUT2D eigenvalue weighted by molar-refractivity contribution is 0.146. The van der Waals surface area contributed by atoms with Crippen molar-refractivity contribution in [3.63, 3.8) is 0 Å². The molecule has 0 aliphatic heterocycles. The van der Waals surface area contributed by atoms with Crippen LogP contribution in [0.4, 0.5) is 0 Å². The van der Waals surface area contributed by atoms with Crippen LogP contribution in [0.15, 0.2) is 0 Å². The zero-order valence-corrected chi connectivity index (χ0v) is 9.84. The first-order valence-electron chi connectivity index (χ1n) is 5.97. The lowest BCUT2D eigenvalue weighted by Gasteiger charge is -2.28. The van der Waals surface area contributed by atoms with E-state index in [9.17, 15) is 5.11 Å². The first-order valence-corrected chi connectivity index (χ1v) is 5.97. The smallest absolute Gasteiger partial charge is 0.0664 e. The largest absolute Gasteiger partial charge is 0.392 e. The predicted octanol–water partition coefficient (Wildman–Crippen LogP) is 2.32. The molecule has 1 rings (SSSR count). The lowest BCUT2D eigenvalue weighted by Crippen LogP contribution is -2.41. The number of rotatable bonds is 5. The van der Waals surface area contributed by atoms with Crippen LogP contribution in [0.1, 0.15) is 52.9 Å². The molecule has 0 saturated heterocycles. The summed E-state index contributed by atoms with van der Waals surface area (Å²) < 4.78 is 0. The van der Waals surface area contributed by atoms with Gasteiger partial charge in [0.05, 0.1) is 6.10 Å². The second-order valence-corrected chi connectivity index (χ2v) is 5.28. The zero-order valence-electron chi connectivity index (χ0n) is 9.84. The Labute approximate surface area is 88.1 Å². The molecule has 1 fully saturated rings. The first kappa shape index (κ1) is 12.0. The van der Waals surface area contributed by atoms with Gasteiger partial charge in [-0.15, -0.1) is 0 Å². The molecule has 0 heterocycles. The van der Waals surface area contributed by atoms with Crippen molar-refractivity contribution < 1.29 is 5.11 Å². The van der Waals surface area contributed by atoms with E-state index >= 15 is 0 Å². The summed E-state index contributed by atoms with van der Waals surface area (Å²) in [6.07, 6.45) is 5.74. The SMILES string of the molecule is CCCC(O)CNC1CCCC1(C)C. The van der Waals surface area contributed by atoms with Crippen molar-refractivity contribution in [1.82, 2.24) is 5.32 Å². The maximum absolute atomic E-state index is 9.62. The van der Waals surface area contributed by atoms with E-state index in [1.54, 1.807) is 0 Å². The number of hydrogen-bond acceptors (Lipinski definition) is 2. The Morgan fingerprint density at radius 2 is 2.21 bits per heavy atom. The van der Waals surface area contributed by atoms with Crippen molar-refractivity contribution >= 4 is 0 Å². The average Bonchev–Trinajstić information content (AvgIpc) is 2.42. The summed E-state index contributed by atoms with van der Waals surface area (Å²) in [5, 5.41) is 13.1. The Bertz CT molecular complexity index is 168. The molecule has 1 aliphatic rings. The second-order valence-electron chi connectivity index (χ2n) is 5.28. The number of aliphatic hydroxyl groups is 1. The molecule has 2 unspecified atom stereocenters. The minimum atomic E-state index is -0.156. The molecule has 2 N–H and O–H groups in total.